The minimum atomic E-state index is -3.71. The van der Waals surface area contributed by atoms with E-state index in [2.05, 4.69) is 15.9 Å². The average Bonchev–Trinajstić information content (AvgIpc) is 2.33. The number of benzene rings is 1. The van der Waals surface area contributed by atoms with Crippen molar-refractivity contribution in [1.29, 1.82) is 0 Å². The normalized spacial score (nSPS) is 13.8. The van der Waals surface area contributed by atoms with Crippen LogP contribution in [0.1, 0.15) is 13.3 Å². The second kappa shape index (κ2) is 7.70. The van der Waals surface area contributed by atoms with Crippen LogP contribution in [0.25, 0.3) is 0 Å². The summed E-state index contributed by atoms with van der Waals surface area (Å²) >= 11 is 17.0. The van der Waals surface area contributed by atoms with Crippen molar-refractivity contribution >= 4 is 60.9 Å². The molecule has 1 atom stereocenters. The lowest BCUT2D eigenvalue weighted by Gasteiger charge is -2.25. The summed E-state index contributed by atoms with van der Waals surface area (Å²) in [6, 6.07) is 2.93. The van der Waals surface area contributed by atoms with Crippen LogP contribution >= 0.6 is 50.9 Å². The highest BCUT2D eigenvalue weighted by atomic mass is 79.9. The van der Waals surface area contributed by atoms with Gasteiger partial charge in [0.05, 0.1) is 10.0 Å². The highest BCUT2D eigenvalue weighted by Gasteiger charge is 2.29. The molecule has 0 bridgehead atoms. The van der Waals surface area contributed by atoms with E-state index in [0.717, 1.165) is 12.2 Å². The molecule has 0 heterocycles. The lowest BCUT2D eigenvalue weighted by atomic mass is 10.3. The largest absolute Gasteiger partial charge is 0.246 e. The Kier molecular flexibility index (Phi) is 7.15. The van der Waals surface area contributed by atoms with Gasteiger partial charge in [0.1, 0.15) is 4.90 Å². The van der Waals surface area contributed by atoms with Crippen molar-refractivity contribution in [3.8, 4) is 0 Å². The number of sulfonamides is 1. The maximum atomic E-state index is 12.6. The van der Waals surface area contributed by atoms with Crippen molar-refractivity contribution in [3.63, 3.8) is 0 Å². The van der Waals surface area contributed by atoms with Crippen LogP contribution in [-0.2, 0) is 10.0 Å². The lowest BCUT2D eigenvalue weighted by Crippen LogP contribution is -2.35. The second-order valence-electron chi connectivity index (χ2n) is 4.35. The standard InChI is InChI=1S/C12H16BrCl2NO2S2/c1-8(4-5-19-3)16(2)20(17,18)12-10(14)6-9(13)7-11(12)15/h6-8H,4-5H2,1-3H3. The molecule has 1 aromatic rings. The van der Waals surface area contributed by atoms with Gasteiger partial charge in [-0.3, -0.25) is 0 Å². The first-order valence-electron chi connectivity index (χ1n) is 5.83. The van der Waals surface area contributed by atoms with Crippen LogP contribution in [0, 0.1) is 0 Å². The maximum Gasteiger partial charge on any atom is 0.246 e. The minimum absolute atomic E-state index is 0.0393. The molecule has 0 N–H and O–H groups in total. The van der Waals surface area contributed by atoms with E-state index in [0.29, 0.717) is 4.47 Å². The van der Waals surface area contributed by atoms with Gasteiger partial charge in [-0.25, -0.2) is 8.42 Å². The van der Waals surface area contributed by atoms with Gasteiger partial charge < -0.3 is 0 Å². The first kappa shape index (κ1) is 18.6. The zero-order valence-corrected chi connectivity index (χ0v) is 16.1. The van der Waals surface area contributed by atoms with E-state index in [9.17, 15) is 8.42 Å². The quantitative estimate of drug-likeness (QED) is 0.678. The molecule has 0 saturated heterocycles. The van der Waals surface area contributed by atoms with Gasteiger partial charge in [0.25, 0.3) is 0 Å². The number of thioether (sulfide) groups is 1. The predicted molar refractivity (Wildman–Crippen MR) is 91.6 cm³/mol. The summed E-state index contributed by atoms with van der Waals surface area (Å²) in [6.45, 7) is 1.87. The predicted octanol–water partition coefficient (Wildman–Crippen LogP) is 4.52. The Labute approximate surface area is 143 Å². The van der Waals surface area contributed by atoms with Crippen molar-refractivity contribution < 1.29 is 8.42 Å². The third kappa shape index (κ3) is 4.27. The molecule has 114 valence electrons. The van der Waals surface area contributed by atoms with Crippen LogP contribution in [-0.4, -0.2) is 37.8 Å². The van der Waals surface area contributed by atoms with Crippen LogP contribution < -0.4 is 0 Å². The number of hydrogen-bond donors (Lipinski definition) is 0. The Hall–Kier alpha value is 0.540. The first-order chi connectivity index (χ1) is 9.21. The molecule has 0 amide bonds. The third-order valence-electron chi connectivity index (χ3n) is 2.96. The first-order valence-corrected chi connectivity index (χ1v) is 10.2. The van der Waals surface area contributed by atoms with Gasteiger partial charge in [0.2, 0.25) is 10.0 Å². The van der Waals surface area contributed by atoms with Crippen LogP contribution in [0.3, 0.4) is 0 Å². The average molecular weight is 421 g/mol. The van der Waals surface area contributed by atoms with Gasteiger partial charge in [-0.15, -0.1) is 0 Å². The molecule has 3 nitrogen and oxygen atoms in total. The van der Waals surface area contributed by atoms with Crippen LogP contribution in [0.15, 0.2) is 21.5 Å². The van der Waals surface area contributed by atoms with Gasteiger partial charge in [0, 0.05) is 17.6 Å². The van der Waals surface area contributed by atoms with E-state index in [1.54, 1.807) is 18.8 Å². The third-order valence-corrected chi connectivity index (χ3v) is 6.96. The molecule has 0 fully saturated rings. The molecule has 1 aromatic carbocycles. The summed E-state index contributed by atoms with van der Waals surface area (Å²) in [5.74, 6) is 0.892. The highest BCUT2D eigenvalue weighted by Crippen LogP contribution is 2.35. The zero-order chi connectivity index (χ0) is 15.5. The van der Waals surface area contributed by atoms with Gasteiger partial charge in [-0.2, -0.15) is 16.1 Å². The van der Waals surface area contributed by atoms with Gasteiger partial charge >= 0.3 is 0 Å². The van der Waals surface area contributed by atoms with E-state index in [1.165, 1.54) is 16.4 Å². The summed E-state index contributed by atoms with van der Waals surface area (Å²) < 4.78 is 27.2. The molecule has 0 aliphatic heterocycles. The second-order valence-corrected chi connectivity index (χ2v) is 9.00. The van der Waals surface area contributed by atoms with Crippen molar-refractivity contribution in [2.45, 2.75) is 24.3 Å². The maximum absolute atomic E-state index is 12.6. The number of hydrogen-bond acceptors (Lipinski definition) is 3. The Bertz CT molecular complexity index is 558. The summed E-state index contributed by atoms with van der Waals surface area (Å²) in [4.78, 5) is -0.0393. The SMILES string of the molecule is CSCCC(C)N(C)S(=O)(=O)c1c(Cl)cc(Br)cc1Cl. The zero-order valence-electron chi connectivity index (χ0n) is 11.4. The smallest absolute Gasteiger partial charge is 0.207 e. The van der Waals surface area contributed by atoms with E-state index >= 15 is 0 Å². The topological polar surface area (TPSA) is 37.4 Å². The van der Waals surface area contributed by atoms with E-state index < -0.39 is 10.0 Å². The molecule has 0 aliphatic carbocycles. The molecule has 20 heavy (non-hydrogen) atoms. The van der Waals surface area contributed by atoms with E-state index in [1.807, 2.05) is 13.2 Å². The van der Waals surface area contributed by atoms with Crippen molar-refractivity contribution in [1.82, 2.24) is 4.31 Å². The van der Waals surface area contributed by atoms with Crippen LogP contribution in [0.4, 0.5) is 0 Å². The number of rotatable bonds is 6. The number of nitrogens with zero attached hydrogens (tertiary/aromatic N) is 1. The van der Waals surface area contributed by atoms with Gasteiger partial charge in [0.15, 0.2) is 0 Å². The molecule has 0 spiro atoms. The molecule has 0 saturated carbocycles. The highest BCUT2D eigenvalue weighted by molar-refractivity contribution is 9.10. The molecule has 0 aliphatic rings. The van der Waals surface area contributed by atoms with Gasteiger partial charge in [-0.1, -0.05) is 39.1 Å². The molecule has 1 unspecified atom stereocenters. The summed E-state index contributed by atoms with van der Waals surface area (Å²) in [5, 5.41) is 0.238. The Balaban J connectivity index is 3.17. The van der Waals surface area contributed by atoms with Gasteiger partial charge in [-0.05, 0) is 37.5 Å². The lowest BCUT2D eigenvalue weighted by molar-refractivity contribution is 0.382. The minimum Gasteiger partial charge on any atom is -0.207 e. The van der Waals surface area contributed by atoms with Crippen molar-refractivity contribution in [3.05, 3.63) is 26.7 Å². The Morgan fingerprint density at radius 3 is 2.30 bits per heavy atom. The summed E-state index contributed by atoms with van der Waals surface area (Å²) in [6.07, 6.45) is 2.76. The van der Waals surface area contributed by atoms with Crippen LogP contribution in [0.2, 0.25) is 10.0 Å². The summed E-state index contributed by atoms with van der Waals surface area (Å²) in [5.41, 5.74) is 0. The van der Waals surface area contributed by atoms with E-state index in [4.69, 9.17) is 23.2 Å². The van der Waals surface area contributed by atoms with Crippen molar-refractivity contribution in [2.75, 3.05) is 19.1 Å². The van der Waals surface area contributed by atoms with Crippen molar-refractivity contribution in [2.24, 2.45) is 0 Å². The molecule has 0 radical (unpaired) electrons. The molecule has 8 heteroatoms. The fourth-order valence-electron chi connectivity index (χ4n) is 1.63. The van der Waals surface area contributed by atoms with E-state index in [-0.39, 0.29) is 21.0 Å². The summed E-state index contributed by atoms with van der Waals surface area (Å²) in [7, 11) is -2.16. The molecule has 0 aromatic heterocycles. The number of halogens is 3. The molecule has 1 rings (SSSR count). The molecular weight excluding hydrogens is 405 g/mol. The molecular formula is C12H16BrCl2NO2S2. The Morgan fingerprint density at radius 2 is 1.85 bits per heavy atom. The monoisotopic (exact) mass is 419 g/mol. The Morgan fingerprint density at radius 1 is 1.35 bits per heavy atom. The fraction of sp³-hybridized carbons (Fsp3) is 0.500. The fourth-order valence-corrected chi connectivity index (χ4v) is 5.47. The van der Waals surface area contributed by atoms with Crippen LogP contribution in [0.5, 0.6) is 0 Å².